The number of aryl methyl sites for hydroxylation is 4. The Labute approximate surface area is 181 Å². The van der Waals surface area contributed by atoms with E-state index in [9.17, 15) is 8.42 Å². The second-order valence-electron chi connectivity index (χ2n) is 6.92. The highest BCUT2D eigenvalue weighted by Gasteiger charge is 2.16. The third kappa shape index (κ3) is 5.55. The van der Waals surface area contributed by atoms with Crippen LogP contribution in [0.2, 0.25) is 5.02 Å². The number of nitrogens with one attached hydrogen (secondary N) is 2. The quantitative estimate of drug-likeness (QED) is 0.450. The lowest BCUT2D eigenvalue weighted by Crippen LogP contribution is -2.25. The minimum atomic E-state index is -3.98. The van der Waals surface area contributed by atoms with E-state index in [0.29, 0.717) is 10.7 Å². The molecule has 0 fully saturated rings. The third-order valence-corrected chi connectivity index (χ3v) is 5.88. The van der Waals surface area contributed by atoms with Crippen molar-refractivity contribution >= 4 is 39.2 Å². The first-order valence-electron chi connectivity index (χ1n) is 9.16. The number of aromatic nitrogens is 2. The Balaban J connectivity index is 2.01. The van der Waals surface area contributed by atoms with E-state index < -0.39 is 10.0 Å². The maximum absolute atomic E-state index is 12.9. The summed E-state index contributed by atoms with van der Waals surface area (Å²) >= 11 is 6.20. The van der Waals surface area contributed by atoms with Crippen LogP contribution in [0.25, 0.3) is 0 Å². The largest absolute Gasteiger partial charge is 0.325 e. The lowest BCUT2D eigenvalue weighted by Gasteiger charge is -2.13. The van der Waals surface area contributed by atoms with Gasteiger partial charge in [-0.2, -0.15) is 8.42 Å². The zero-order valence-corrected chi connectivity index (χ0v) is 18.6. The van der Waals surface area contributed by atoms with Gasteiger partial charge in [0.15, 0.2) is 0 Å². The number of hydrogen-bond donors (Lipinski definition) is 2. The molecule has 9 heteroatoms. The van der Waals surface area contributed by atoms with Crippen molar-refractivity contribution in [2.75, 3.05) is 10.6 Å². The molecule has 30 heavy (non-hydrogen) atoms. The number of nitrogens with zero attached hydrogens (tertiary/aromatic N) is 3. The Bertz CT molecular complexity index is 1190. The van der Waals surface area contributed by atoms with Crippen molar-refractivity contribution in [3.63, 3.8) is 0 Å². The highest BCUT2D eigenvalue weighted by Crippen LogP contribution is 2.21. The normalized spacial score (nSPS) is 12.0. The van der Waals surface area contributed by atoms with E-state index in [1.807, 2.05) is 39.8 Å². The fourth-order valence-corrected chi connectivity index (χ4v) is 3.75. The zero-order valence-electron chi connectivity index (χ0n) is 17.1. The average Bonchev–Trinajstić information content (AvgIpc) is 2.64. The van der Waals surface area contributed by atoms with E-state index in [1.54, 1.807) is 24.3 Å². The number of benzene rings is 2. The Morgan fingerprint density at radius 2 is 1.53 bits per heavy atom. The van der Waals surface area contributed by atoms with Gasteiger partial charge in [-0.05, 0) is 63.6 Å². The summed E-state index contributed by atoms with van der Waals surface area (Å²) in [5, 5.41) is 6.39. The summed E-state index contributed by atoms with van der Waals surface area (Å²) in [5.74, 6) is 0.191. The Morgan fingerprint density at radius 1 is 0.900 bits per heavy atom. The predicted octanol–water partition coefficient (Wildman–Crippen LogP) is 4.63. The van der Waals surface area contributed by atoms with Crippen molar-refractivity contribution in [2.24, 2.45) is 4.40 Å². The van der Waals surface area contributed by atoms with Gasteiger partial charge in [-0.25, -0.2) is 9.97 Å². The third-order valence-electron chi connectivity index (χ3n) is 4.18. The highest BCUT2D eigenvalue weighted by atomic mass is 35.5. The molecule has 0 saturated carbocycles. The van der Waals surface area contributed by atoms with E-state index >= 15 is 0 Å². The van der Waals surface area contributed by atoms with E-state index in [-0.39, 0.29) is 16.8 Å². The van der Waals surface area contributed by atoms with Crippen molar-refractivity contribution in [3.8, 4) is 0 Å². The number of rotatable bonds is 4. The summed E-state index contributed by atoms with van der Waals surface area (Å²) in [5.41, 5.74) is 3.90. The van der Waals surface area contributed by atoms with Crippen LogP contribution in [0.5, 0.6) is 0 Å². The lowest BCUT2D eigenvalue weighted by molar-refractivity contribution is 0.598. The second-order valence-corrected chi connectivity index (χ2v) is 8.93. The van der Waals surface area contributed by atoms with Gasteiger partial charge in [0.1, 0.15) is 0 Å². The summed E-state index contributed by atoms with van der Waals surface area (Å²) in [6, 6.07) is 13.6. The van der Waals surface area contributed by atoms with Gasteiger partial charge >= 0.3 is 0 Å². The van der Waals surface area contributed by atoms with Crippen LogP contribution in [0.4, 0.5) is 11.6 Å². The van der Waals surface area contributed by atoms with Gasteiger partial charge in [0.05, 0.1) is 4.90 Å². The monoisotopic (exact) mass is 443 g/mol. The number of sulfonamides is 1. The fraction of sp³-hybridized carbons (Fsp3) is 0.190. The van der Waals surface area contributed by atoms with Gasteiger partial charge in [-0.15, -0.1) is 4.40 Å². The van der Waals surface area contributed by atoms with E-state index in [1.165, 1.54) is 12.1 Å². The van der Waals surface area contributed by atoms with Gasteiger partial charge in [-0.3, -0.25) is 5.32 Å². The van der Waals surface area contributed by atoms with Crippen LogP contribution in [-0.2, 0) is 10.0 Å². The maximum atomic E-state index is 12.9. The fourth-order valence-electron chi connectivity index (χ4n) is 2.66. The summed E-state index contributed by atoms with van der Waals surface area (Å²) in [6.07, 6.45) is 0. The van der Waals surface area contributed by atoms with E-state index in [0.717, 1.165) is 22.5 Å². The Morgan fingerprint density at radius 3 is 2.13 bits per heavy atom. The second kappa shape index (κ2) is 8.81. The lowest BCUT2D eigenvalue weighted by atomic mass is 10.2. The van der Waals surface area contributed by atoms with Crippen LogP contribution in [0.15, 0.2) is 57.8 Å². The molecule has 0 unspecified atom stereocenters. The summed E-state index contributed by atoms with van der Waals surface area (Å²) in [7, 11) is -3.98. The predicted molar refractivity (Wildman–Crippen MR) is 121 cm³/mol. The molecule has 0 saturated heterocycles. The van der Waals surface area contributed by atoms with E-state index in [2.05, 4.69) is 25.0 Å². The van der Waals surface area contributed by atoms with Crippen LogP contribution < -0.4 is 10.6 Å². The number of halogens is 1. The van der Waals surface area contributed by atoms with Crippen molar-refractivity contribution in [1.82, 2.24) is 9.97 Å². The maximum Gasteiger partial charge on any atom is 0.285 e. The molecule has 0 radical (unpaired) electrons. The molecule has 0 spiro atoms. The molecular formula is C21H22ClN5O2S. The number of hydrogen-bond acceptors (Lipinski definition) is 4. The molecular weight excluding hydrogens is 422 g/mol. The van der Waals surface area contributed by atoms with Crippen molar-refractivity contribution in [2.45, 2.75) is 32.6 Å². The molecule has 1 aromatic heterocycles. The number of anilines is 2. The van der Waals surface area contributed by atoms with Crippen LogP contribution in [0, 0.1) is 27.7 Å². The molecule has 0 amide bonds. The summed E-state index contributed by atoms with van der Waals surface area (Å²) in [6.45, 7) is 7.41. The number of guanidine groups is 1. The molecule has 3 aromatic rings. The smallest absolute Gasteiger partial charge is 0.285 e. The molecule has 156 valence electrons. The zero-order chi connectivity index (χ0) is 21.9. The molecule has 1 heterocycles. The molecule has 2 N–H and O–H groups in total. The standard InChI is InChI=1S/C21H22ClN5O2S/c1-13-5-9-18(10-6-13)30(28,29)27-21(25-17-8-7-14(2)19(22)12-17)26-20-23-15(3)11-16(4)24-20/h5-12H,1-4H3,(H2,23,24,25,26,27). The van der Waals surface area contributed by atoms with Gasteiger partial charge in [0.25, 0.3) is 10.0 Å². The average molecular weight is 444 g/mol. The Kier molecular flexibility index (Phi) is 6.38. The van der Waals surface area contributed by atoms with Crippen LogP contribution >= 0.6 is 11.6 Å². The van der Waals surface area contributed by atoms with Gasteiger partial charge in [0, 0.05) is 22.1 Å². The van der Waals surface area contributed by atoms with Gasteiger partial charge in [0.2, 0.25) is 11.9 Å². The molecule has 0 bridgehead atoms. The van der Waals surface area contributed by atoms with Crippen LogP contribution in [-0.4, -0.2) is 24.3 Å². The topological polar surface area (TPSA) is 96.3 Å². The van der Waals surface area contributed by atoms with E-state index in [4.69, 9.17) is 11.6 Å². The molecule has 2 aromatic carbocycles. The minimum Gasteiger partial charge on any atom is -0.325 e. The van der Waals surface area contributed by atoms with Crippen LogP contribution in [0.3, 0.4) is 0 Å². The SMILES string of the molecule is Cc1ccc(S(=O)(=O)N=C(Nc2ccc(C)c(Cl)c2)Nc2nc(C)cc(C)n2)cc1. The van der Waals surface area contributed by atoms with Gasteiger partial charge < -0.3 is 5.32 Å². The Hall–Kier alpha value is -2.97. The van der Waals surface area contributed by atoms with Crippen LogP contribution in [0.1, 0.15) is 22.5 Å². The van der Waals surface area contributed by atoms with Gasteiger partial charge in [-0.1, -0.05) is 35.4 Å². The molecule has 3 rings (SSSR count). The first-order valence-corrected chi connectivity index (χ1v) is 11.0. The van der Waals surface area contributed by atoms with Crippen molar-refractivity contribution in [3.05, 3.63) is 76.1 Å². The molecule has 0 atom stereocenters. The van der Waals surface area contributed by atoms with Crippen molar-refractivity contribution < 1.29 is 8.42 Å². The minimum absolute atomic E-state index is 0.0412. The highest BCUT2D eigenvalue weighted by molar-refractivity contribution is 7.90. The summed E-state index contributed by atoms with van der Waals surface area (Å²) < 4.78 is 29.7. The molecule has 0 aliphatic rings. The first-order chi connectivity index (χ1) is 14.1. The van der Waals surface area contributed by atoms with Crippen molar-refractivity contribution in [1.29, 1.82) is 0 Å². The molecule has 0 aliphatic carbocycles. The molecule has 7 nitrogen and oxygen atoms in total. The summed E-state index contributed by atoms with van der Waals surface area (Å²) in [4.78, 5) is 8.68. The molecule has 0 aliphatic heterocycles. The first kappa shape index (κ1) is 21.7.